The standard InChI is InChI=1S/C11H13FN2O/c1-6-7(5-13)10-9(14-6)4-3-8(12)11(10)15-2/h3-4,14H,5,13H2,1-2H3. The van der Waals surface area contributed by atoms with Gasteiger partial charge in [-0.1, -0.05) is 0 Å². The number of aryl methyl sites for hydroxylation is 1. The van der Waals surface area contributed by atoms with Gasteiger partial charge in [-0.15, -0.1) is 0 Å². The Hall–Kier alpha value is -1.55. The Morgan fingerprint density at radius 1 is 1.47 bits per heavy atom. The number of rotatable bonds is 2. The predicted molar refractivity (Wildman–Crippen MR) is 57.4 cm³/mol. The Labute approximate surface area is 87.0 Å². The van der Waals surface area contributed by atoms with E-state index in [0.29, 0.717) is 6.54 Å². The molecule has 3 N–H and O–H groups in total. The second-order valence-corrected chi connectivity index (χ2v) is 3.44. The van der Waals surface area contributed by atoms with Crippen molar-refractivity contribution in [3.8, 4) is 5.75 Å². The third-order valence-corrected chi connectivity index (χ3v) is 2.59. The Morgan fingerprint density at radius 2 is 2.20 bits per heavy atom. The molecule has 1 heterocycles. The summed E-state index contributed by atoms with van der Waals surface area (Å²) in [5, 5.41) is 0.748. The van der Waals surface area contributed by atoms with Crippen molar-refractivity contribution in [3.05, 3.63) is 29.2 Å². The maximum Gasteiger partial charge on any atom is 0.165 e. The van der Waals surface area contributed by atoms with Gasteiger partial charge >= 0.3 is 0 Å². The Kier molecular flexibility index (Phi) is 2.36. The van der Waals surface area contributed by atoms with E-state index in [1.54, 1.807) is 6.07 Å². The number of nitrogens with two attached hydrogens (primary N) is 1. The van der Waals surface area contributed by atoms with E-state index in [1.165, 1.54) is 13.2 Å². The summed E-state index contributed by atoms with van der Waals surface area (Å²) in [7, 11) is 1.46. The minimum absolute atomic E-state index is 0.261. The quantitative estimate of drug-likeness (QED) is 0.793. The first-order valence-corrected chi connectivity index (χ1v) is 4.72. The van der Waals surface area contributed by atoms with Crippen LogP contribution in [-0.4, -0.2) is 12.1 Å². The van der Waals surface area contributed by atoms with Crippen molar-refractivity contribution in [1.82, 2.24) is 4.98 Å². The summed E-state index contributed by atoms with van der Waals surface area (Å²) in [6, 6.07) is 3.08. The maximum atomic E-state index is 13.5. The molecular formula is C11H13FN2O. The van der Waals surface area contributed by atoms with E-state index in [2.05, 4.69) is 4.98 Å². The van der Waals surface area contributed by atoms with Crippen molar-refractivity contribution in [2.45, 2.75) is 13.5 Å². The minimum atomic E-state index is -0.362. The molecular weight excluding hydrogens is 195 g/mol. The van der Waals surface area contributed by atoms with Gasteiger partial charge in [0.25, 0.3) is 0 Å². The normalized spacial score (nSPS) is 10.9. The van der Waals surface area contributed by atoms with Crippen LogP contribution in [0.1, 0.15) is 11.3 Å². The van der Waals surface area contributed by atoms with Crippen molar-refractivity contribution in [1.29, 1.82) is 0 Å². The number of hydrogen-bond donors (Lipinski definition) is 2. The molecule has 0 saturated carbocycles. The lowest BCUT2D eigenvalue weighted by molar-refractivity contribution is 0.391. The Bertz CT molecular complexity index is 505. The molecule has 0 saturated heterocycles. The molecule has 0 spiro atoms. The molecule has 0 bridgehead atoms. The van der Waals surface area contributed by atoms with Crippen molar-refractivity contribution in [2.75, 3.05) is 7.11 Å². The van der Waals surface area contributed by atoms with Gasteiger partial charge in [0.2, 0.25) is 0 Å². The van der Waals surface area contributed by atoms with E-state index in [9.17, 15) is 4.39 Å². The van der Waals surface area contributed by atoms with E-state index in [-0.39, 0.29) is 11.6 Å². The first kappa shape index (κ1) is 9.98. The maximum absolute atomic E-state index is 13.5. The lowest BCUT2D eigenvalue weighted by Crippen LogP contribution is -1.98. The van der Waals surface area contributed by atoms with Crippen LogP contribution in [0.4, 0.5) is 4.39 Å². The molecule has 1 aromatic heterocycles. The molecule has 3 nitrogen and oxygen atoms in total. The Morgan fingerprint density at radius 3 is 2.80 bits per heavy atom. The van der Waals surface area contributed by atoms with Crippen LogP contribution in [0, 0.1) is 12.7 Å². The third kappa shape index (κ3) is 1.37. The summed E-state index contributed by atoms with van der Waals surface area (Å²) < 4.78 is 18.5. The molecule has 2 aromatic rings. The fourth-order valence-corrected chi connectivity index (χ4v) is 1.88. The molecule has 1 aromatic carbocycles. The molecule has 0 unspecified atom stereocenters. The fourth-order valence-electron chi connectivity index (χ4n) is 1.88. The molecule has 80 valence electrons. The number of nitrogens with one attached hydrogen (secondary N) is 1. The summed E-state index contributed by atoms with van der Waals surface area (Å²) in [5.41, 5.74) is 8.35. The average Bonchev–Trinajstić information content (AvgIpc) is 2.54. The van der Waals surface area contributed by atoms with Gasteiger partial charge in [-0.3, -0.25) is 0 Å². The van der Waals surface area contributed by atoms with Gasteiger partial charge in [-0.2, -0.15) is 0 Å². The SMILES string of the molecule is COc1c(F)ccc2[nH]c(C)c(CN)c12. The molecule has 0 amide bonds. The molecule has 0 aliphatic carbocycles. The zero-order valence-corrected chi connectivity index (χ0v) is 8.73. The molecule has 15 heavy (non-hydrogen) atoms. The average molecular weight is 208 g/mol. The second kappa shape index (κ2) is 3.55. The largest absolute Gasteiger partial charge is 0.493 e. The molecule has 2 rings (SSSR count). The highest BCUT2D eigenvalue weighted by molar-refractivity contribution is 5.90. The molecule has 0 aliphatic rings. The molecule has 4 heteroatoms. The number of halogens is 1. The van der Waals surface area contributed by atoms with Crippen molar-refractivity contribution in [3.63, 3.8) is 0 Å². The van der Waals surface area contributed by atoms with Crippen LogP contribution in [0.2, 0.25) is 0 Å². The number of benzene rings is 1. The summed E-state index contributed by atoms with van der Waals surface area (Å²) in [6.07, 6.45) is 0. The topological polar surface area (TPSA) is 51.0 Å². The first-order valence-electron chi connectivity index (χ1n) is 4.72. The molecule has 0 radical (unpaired) electrons. The van der Waals surface area contributed by atoms with Crippen molar-refractivity contribution >= 4 is 10.9 Å². The number of hydrogen-bond acceptors (Lipinski definition) is 2. The minimum Gasteiger partial charge on any atom is -0.493 e. The predicted octanol–water partition coefficient (Wildman–Crippen LogP) is 2.08. The number of H-pyrrole nitrogens is 1. The summed E-state index contributed by atoms with van der Waals surface area (Å²) in [4.78, 5) is 3.15. The summed E-state index contributed by atoms with van der Waals surface area (Å²) in [6.45, 7) is 2.28. The second-order valence-electron chi connectivity index (χ2n) is 3.44. The van der Waals surface area contributed by atoms with Crippen LogP contribution < -0.4 is 10.5 Å². The highest BCUT2D eigenvalue weighted by atomic mass is 19.1. The number of methoxy groups -OCH3 is 1. The molecule has 0 fully saturated rings. The van der Waals surface area contributed by atoms with Gasteiger partial charge in [-0.25, -0.2) is 4.39 Å². The van der Waals surface area contributed by atoms with Crippen LogP contribution >= 0.6 is 0 Å². The van der Waals surface area contributed by atoms with Crippen molar-refractivity contribution in [2.24, 2.45) is 5.73 Å². The van der Waals surface area contributed by atoms with Gasteiger partial charge in [0.05, 0.1) is 7.11 Å². The van der Waals surface area contributed by atoms with Crippen LogP contribution in [0.15, 0.2) is 12.1 Å². The van der Waals surface area contributed by atoms with E-state index in [0.717, 1.165) is 22.2 Å². The summed E-state index contributed by atoms with van der Waals surface area (Å²) >= 11 is 0. The highest BCUT2D eigenvalue weighted by Crippen LogP contribution is 2.32. The molecule has 0 atom stereocenters. The van der Waals surface area contributed by atoms with Gasteiger partial charge in [0.1, 0.15) is 0 Å². The van der Waals surface area contributed by atoms with E-state index < -0.39 is 0 Å². The van der Waals surface area contributed by atoms with Gasteiger partial charge in [0, 0.05) is 23.1 Å². The van der Waals surface area contributed by atoms with Crippen LogP contribution in [0.5, 0.6) is 5.75 Å². The monoisotopic (exact) mass is 208 g/mol. The third-order valence-electron chi connectivity index (χ3n) is 2.59. The smallest absolute Gasteiger partial charge is 0.165 e. The van der Waals surface area contributed by atoms with Gasteiger partial charge in [0.15, 0.2) is 11.6 Å². The molecule has 0 aliphatic heterocycles. The Balaban J connectivity index is 2.87. The van der Waals surface area contributed by atoms with Gasteiger partial charge in [-0.05, 0) is 24.6 Å². The fraction of sp³-hybridized carbons (Fsp3) is 0.273. The van der Waals surface area contributed by atoms with Crippen LogP contribution in [0.3, 0.4) is 0 Å². The van der Waals surface area contributed by atoms with Gasteiger partial charge < -0.3 is 15.5 Å². The summed E-state index contributed by atoms with van der Waals surface area (Å²) in [5.74, 6) is -0.101. The zero-order valence-electron chi connectivity index (χ0n) is 8.73. The number of aromatic amines is 1. The lowest BCUT2D eigenvalue weighted by Gasteiger charge is -2.05. The van der Waals surface area contributed by atoms with Crippen LogP contribution in [-0.2, 0) is 6.54 Å². The first-order chi connectivity index (χ1) is 7.19. The van der Waals surface area contributed by atoms with Crippen LogP contribution in [0.25, 0.3) is 10.9 Å². The number of ether oxygens (including phenoxy) is 1. The lowest BCUT2D eigenvalue weighted by atomic mass is 10.1. The van der Waals surface area contributed by atoms with E-state index in [1.807, 2.05) is 6.92 Å². The number of aromatic nitrogens is 1. The van der Waals surface area contributed by atoms with E-state index >= 15 is 0 Å². The number of fused-ring (bicyclic) bond motifs is 1. The van der Waals surface area contributed by atoms with Crippen molar-refractivity contribution < 1.29 is 9.13 Å². The van der Waals surface area contributed by atoms with E-state index in [4.69, 9.17) is 10.5 Å². The zero-order chi connectivity index (χ0) is 11.0. The highest BCUT2D eigenvalue weighted by Gasteiger charge is 2.15.